The summed E-state index contributed by atoms with van der Waals surface area (Å²) in [5.41, 5.74) is 11.0. The molecule has 146 heavy (non-hydrogen) atoms. The van der Waals surface area contributed by atoms with Crippen LogP contribution in [0, 0.1) is 0 Å². The molecule has 0 radical (unpaired) electrons. The Morgan fingerprint density at radius 3 is 0.699 bits per heavy atom. The maximum absolute atomic E-state index is 14.3. The smallest absolute Gasteiger partial charge is 0.341 e. The summed E-state index contributed by atoms with van der Waals surface area (Å²) in [5.74, 6) is 0. The van der Waals surface area contributed by atoms with E-state index >= 15 is 0 Å². The van der Waals surface area contributed by atoms with Gasteiger partial charge in [0.25, 0.3) is 0 Å². The number of nitrogens with zero attached hydrogens (tertiary/aromatic N) is 6. The molecule has 8 nitrogen and oxygen atoms in total. The Morgan fingerprint density at radius 2 is 0.425 bits per heavy atom. The average molecular weight is 2020 g/mol. The van der Waals surface area contributed by atoms with Gasteiger partial charge < -0.3 is 28.7 Å². The van der Waals surface area contributed by atoms with Crippen molar-refractivity contribution in [2.24, 2.45) is 0 Å². The van der Waals surface area contributed by atoms with Gasteiger partial charge in [0.05, 0.1) is 131 Å². The van der Waals surface area contributed by atoms with E-state index in [1.807, 2.05) is 118 Å². The van der Waals surface area contributed by atoms with Crippen molar-refractivity contribution in [1.29, 1.82) is 0 Å². The van der Waals surface area contributed by atoms with Crippen LogP contribution in [0.15, 0.2) is 420 Å². The van der Waals surface area contributed by atoms with E-state index in [0.717, 1.165) is 131 Å². The minimum absolute atomic E-state index is 0.203. The lowest BCUT2D eigenvalue weighted by Crippen LogP contribution is -2.25. The third-order valence-electron chi connectivity index (χ3n) is 26.7. The highest BCUT2D eigenvalue weighted by atomic mass is 32.2. The highest BCUT2D eigenvalue weighted by molar-refractivity contribution is 7.85. The zero-order valence-corrected chi connectivity index (χ0v) is 78.1. The molecule has 17 aromatic carbocycles. The summed E-state index contributed by atoms with van der Waals surface area (Å²) in [5, 5.41) is 1.87. The molecule has 0 spiro atoms. The van der Waals surface area contributed by atoms with Crippen molar-refractivity contribution >= 4 is 100 Å². The monoisotopic (exact) mass is 2020 g/mol. The molecule has 0 saturated heterocycles. The van der Waals surface area contributed by atoms with E-state index in [4.69, 9.17) is 0 Å². The van der Waals surface area contributed by atoms with Crippen molar-refractivity contribution in [3.63, 3.8) is 0 Å². The van der Waals surface area contributed by atoms with Crippen LogP contribution in [0.3, 0.4) is 0 Å². The molecule has 0 amide bonds. The van der Waals surface area contributed by atoms with Crippen LogP contribution in [0.1, 0.15) is 57.3 Å². The number of hydrogen-bond acceptors (Lipinski definition) is 6. The van der Waals surface area contributed by atoms with E-state index in [-0.39, 0.29) is 11.1 Å². The SMILES string of the molecule is FC(F)(F)c1ccc(-n2ccc3ccccc32)c(-c2ccc(-c3cc(C(F)(F)F)ccc3-n3ccc4ccccc43)cc2)c1.FC(F)(F)c1ccc(N2CCCc3ccccc32)c(-c2ccc(-c3cc(C(F)(F)F)ccc3N3CCCc4ccccc43)cc2)c1.O=S1c2ccccc2N(c2ccc(C(F)(F)F)cc2-c2ccc(-c3cc(C(F)(F)F)ccc3N3c4ccccc4S(=O)c4ccccc43)cc2)c2ccccc21. The predicted octanol–water partition coefficient (Wildman–Crippen LogP) is 35.1. The van der Waals surface area contributed by atoms with Gasteiger partial charge >= 0.3 is 37.1 Å². The lowest BCUT2D eigenvalue weighted by atomic mass is 9.93. The Balaban J connectivity index is 0.000000130. The fraction of sp³-hybridized carbons (Fsp3) is 0.102. The molecule has 0 fully saturated rings. The molecule has 0 N–H and O–H groups in total. The molecule has 0 unspecified atom stereocenters. The molecular weight excluding hydrogens is 1940 g/mol. The highest BCUT2D eigenvalue weighted by Crippen LogP contribution is 2.56. The first-order chi connectivity index (χ1) is 70.0. The van der Waals surface area contributed by atoms with E-state index in [9.17, 15) is 87.4 Å². The molecule has 730 valence electrons. The Kier molecular flexibility index (Phi) is 25.0. The Labute approximate surface area is 830 Å². The predicted molar refractivity (Wildman–Crippen MR) is 538 cm³/mol. The summed E-state index contributed by atoms with van der Waals surface area (Å²) >= 11 is 0. The first-order valence-corrected chi connectivity index (χ1v) is 48.6. The summed E-state index contributed by atoms with van der Waals surface area (Å²) in [6.07, 6.45) is -20.4. The molecule has 4 aliphatic heterocycles. The molecule has 6 heterocycles. The molecule has 4 aliphatic rings. The van der Waals surface area contributed by atoms with Gasteiger partial charge in [-0.15, -0.1) is 0 Å². The lowest BCUT2D eigenvalue weighted by molar-refractivity contribution is -0.138. The number of hydrogen-bond donors (Lipinski definition) is 0. The second-order valence-corrected chi connectivity index (χ2v) is 38.3. The molecule has 23 rings (SSSR count). The normalized spacial score (nSPS) is 13.9. The molecule has 0 atom stereocenters. The van der Waals surface area contributed by atoms with Crippen molar-refractivity contribution in [3.8, 4) is 78.1 Å². The molecule has 19 aromatic rings. The number of alkyl halides is 18. The van der Waals surface area contributed by atoms with E-state index < -0.39 is 92.0 Å². The van der Waals surface area contributed by atoms with Gasteiger partial charge in [-0.05, 0) is 275 Å². The van der Waals surface area contributed by atoms with Crippen LogP contribution >= 0.6 is 0 Å². The maximum Gasteiger partial charge on any atom is 0.416 e. The van der Waals surface area contributed by atoms with Gasteiger partial charge in [-0.25, -0.2) is 8.42 Å². The van der Waals surface area contributed by atoms with Gasteiger partial charge in [-0.3, -0.25) is 0 Å². The van der Waals surface area contributed by atoms with Crippen molar-refractivity contribution in [3.05, 3.63) is 445 Å². The highest BCUT2D eigenvalue weighted by Gasteiger charge is 2.41. The Bertz CT molecular complexity index is 7730. The summed E-state index contributed by atoms with van der Waals surface area (Å²) in [4.78, 5) is 9.67. The van der Waals surface area contributed by atoms with Gasteiger partial charge in [0, 0.05) is 81.6 Å². The minimum atomic E-state index is -4.68. The summed E-state index contributed by atoms with van der Waals surface area (Å²) in [6, 6.07) is 104. The Morgan fingerprint density at radius 1 is 0.205 bits per heavy atom. The molecule has 28 heteroatoms. The van der Waals surface area contributed by atoms with Gasteiger partial charge in [0.2, 0.25) is 0 Å². The third-order valence-corrected chi connectivity index (χ3v) is 29.7. The van der Waals surface area contributed by atoms with Crippen molar-refractivity contribution in [2.45, 2.75) is 82.3 Å². The third kappa shape index (κ3) is 18.5. The fourth-order valence-corrected chi connectivity index (χ4v) is 22.5. The summed E-state index contributed by atoms with van der Waals surface area (Å²) in [7, 11) is -3.09. The van der Waals surface area contributed by atoms with Crippen LogP contribution in [0.25, 0.3) is 99.9 Å². The molecule has 0 bridgehead atoms. The minimum Gasteiger partial charge on any atom is -0.341 e. The van der Waals surface area contributed by atoms with Crippen LogP contribution < -0.4 is 19.6 Å². The van der Waals surface area contributed by atoms with E-state index in [0.29, 0.717) is 145 Å². The van der Waals surface area contributed by atoms with E-state index in [1.165, 1.54) is 48.5 Å². The fourth-order valence-electron chi connectivity index (χ4n) is 19.8. The van der Waals surface area contributed by atoms with Crippen LogP contribution in [-0.4, -0.2) is 30.6 Å². The number of aryl methyl sites for hydroxylation is 2. The van der Waals surface area contributed by atoms with Crippen LogP contribution in [-0.2, 0) is 71.5 Å². The first-order valence-electron chi connectivity index (χ1n) is 46.3. The number of anilines is 10. The van der Waals surface area contributed by atoms with E-state index in [1.54, 1.807) is 192 Å². The second kappa shape index (κ2) is 38.0. The van der Waals surface area contributed by atoms with Crippen molar-refractivity contribution in [2.75, 3.05) is 32.7 Å². The summed E-state index contributed by atoms with van der Waals surface area (Å²) < 4.78 is 283. The van der Waals surface area contributed by atoms with Crippen LogP contribution in [0.2, 0.25) is 0 Å². The molecule has 0 aliphatic carbocycles. The number of rotatable bonds is 12. The zero-order valence-electron chi connectivity index (χ0n) is 76.5. The van der Waals surface area contributed by atoms with Gasteiger partial charge in [0.1, 0.15) is 0 Å². The second-order valence-electron chi connectivity index (χ2n) is 35.4. The molecular formula is C118H78F18N6O2S2. The molecule has 0 saturated carbocycles. The zero-order chi connectivity index (χ0) is 102. The first kappa shape index (κ1) is 96.2. The number of halogens is 18. The number of para-hydroxylation sites is 8. The number of aromatic nitrogens is 2. The van der Waals surface area contributed by atoms with Crippen molar-refractivity contribution in [1.82, 2.24) is 9.13 Å². The van der Waals surface area contributed by atoms with Crippen LogP contribution in [0.4, 0.5) is 136 Å². The largest absolute Gasteiger partial charge is 0.416 e. The lowest BCUT2D eigenvalue weighted by Gasteiger charge is -2.34. The van der Waals surface area contributed by atoms with E-state index in [2.05, 4.69) is 9.80 Å². The molecule has 2 aromatic heterocycles. The number of fused-ring (bicyclic) bond motifs is 8. The quantitative estimate of drug-likeness (QED) is 0.114. The Hall–Kier alpha value is -15.9. The average Bonchev–Trinajstić information content (AvgIpc) is 0.891. The topological polar surface area (TPSA) is 57.0 Å². The van der Waals surface area contributed by atoms with Gasteiger partial charge in [-0.1, -0.05) is 194 Å². The maximum atomic E-state index is 14.3. The number of benzene rings is 17. The standard InChI is InChI=1S/C44H26F6N2O2S2.C38H30F6N2.C36H22F6N2/c45-43(46,47)29-21-23-33(51-35-9-1-5-13-39(35)55(53)40-14-6-2-10-36(40)51)31(25-29)27-17-19-28(20-18-27)32-26-30(44(48,49)50)22-24-34(32)52-37-11-3-7-15-41(37)56(54)42-16-8-4-12-38(42)52;39-37(40,41)29-17-19-35(45-21-5-9-27-7-1-3-11-33(27)45)31(23-29)25-13-15-26(16-14-25)32-24-30(38(42,43)44)18-20-36(32)46-22-6-10-28-8-2-4-12-34(28)46;37-35(38,39)27-13-15-33(43-19-17-25-5-1-3-7-31(25)43)29(21-27)23-9-11-24(12-10-23)30-22-28(36(40,41)42)14-16-34(30)44-20-18-26-6-2-4-8-32(26)44/h1-26H;1-4,7-8,11-20,23-24H,5-6,9-10,21-22H2;1-22H. The van der Waals surface area contributed by atoms with Gasteiger partial charge in [0.15, 0.2) is 0 Å². The van der Waals surface area contributed by atoms with Crippen LogP contribution in [0.5, 0.6) is 0 Å². The van der Waals surface area contributed by atoms with Crippen molar-refractivity contribution < 1.29 is 87.4 Å². The summed E-state index contributed by atoms with van der Waals surface area (Å²) in [6.45, 7) is 1.30. The van der Waals surface area contributed by atoms with Gasteiger partial charge in [-0.2, -0.15) is 79.0 Å².